The Bertz CT molecular complexity index is 500. The largest absolute Gasteiger partial charge is 0.319 e. The first-order chi connectivity index (χ1) is 7.92. The number of hydrogen-bond donors (Lipinski definition) is 2. The van der Waals surface area contributed by atoms with Gasteiger partial charge in [0.1, 0.15) is 11.5 Å². The minimum atomic E-state index is -0.958. The monoisotopic (exact) mass is 239 g/mol. The van der Waals surface area contributed by atoms with Crippen molar-refractivity contribution < 1.29 is 14.1 Å². The smallest absolute Gasteiger partial charge is 0.292 e. The lowest BCUT2D eigenvalue weighted by Crippen LogP contribution is -2.38. The summed E-state index contributed by atoms with van der Waals surface area (Å²) in [4.78, 5) is 21.6. The van der Waals surface area contributed by atoms with E-state index in [0.29, 0.717) is 12.8 Å². The molecule has 0 aliphatic heterocycles. The summed E-state index contributed by atoms with van der Waals surface area (Å²) in [6.45, 7) is 0. The Morgan fingerprint density at radius 3 is 2.71 bits per heavy atom. The van der Waals surface area contributed by atoms with Crippen molar-refractivity contribution in [1.82, 2.24) is 0 Å². The molecule has 0 atom stereocenters. The molecule has 1 aromatic carbocycles. The number of nitrogens with one attached hydrogen (secondary N) is 1. The molecule has 2 rings (SSSR count). The molecule has 1 aromatic rings. The van der Waals surface area contributed by atoms with Gasteiger partial charge in [0.2, 0.25) is 5.91 Å². The van der Waals surface area contributed by atoms with Gasteiger partial charge in [0.05, 0.1) is 10.5 Å². The lowest BCUT2D eigenvalue weighted by molar-refractivity contribution is -0.384. The second-order valence-electron chi connectivity index (χ2n) is 4.03. The Morgan fingerprint density at radius 1 is 1.53 bits per heavy atom. The standard InChI is InChI=1S/C10H10FN3O3/c11-6-1-2-8(14(16)17)7(5-6)13-9(15)10(12)3-4-10/h1-2,5H,3-4,12H2,(H,13,15). The second-order valence-corrected chi connectivity index (χ2v) is 4.03. The molecule has 1 aliphatic rings. The van der Waals surface area contributed by atoms with Gasteiger partial charge in [-0.15, -0.1) is 0 Å². The van der Waals surface area contributed by atoms with E-state index in [9.17, 15) is 19.3 Å². The number of rotatable bonds is 3. The summed E-state index contributed by atoms with van der Waals surface area (Å²) < 4.78 is 13.0. The predicted octanol–water partition coefficient (Wildman–Crippen LogP) is 1.16. The summed E-state index contributed by atoms with van der Waals surface area (Å²) in [6, 6.07) is 2.87. The van der Waals surface area contributed by atoms with E-state index < -0.39 is 22.2 Å². The Kier molecular flexibility index (Phi) is 2.55. The molecule has 0 spiro atoms. The number of nitro groups is 1. The van der Waals surface area contributed by atoms with E-state index in [0.717, 1.165) is 18.2 Å². The van der Waals surface area contributed by atoms with Gasteiger partial charge in [0, 0.05) is 12.1 Å². The van der Waals surface area contributed by atoms with Crippen LogP contribution in [0.25, 0.3) is 0 Å². The average Bonchev–Trinajstić information content (AvgIpc) is 2.97. The fourth-order valence-corrected chi connectivity index (χ4v) is 1.38. The highest BCUT2D eigenvalue weighted by Crippen LogP contribution is 2.34. The average molecular weight is 239 g/mol. The lowest BCUT2D eigenvalue weighted by Gasteiger charge is -2.10. The fourth-order valence-electron chi connectivity index (χ4n) is 1.38. The van der Waals surface area contributed by atoms with Crippen molar-refractivity contribution in [3.05, 3.63) is 34.1 Å². The number of anilines is 1. The van der Waals surface area contributed by atoms with Crippen LogP contribution in [-0.2, 0) is 4.79 Å². The number of halogens is 1. The Balaban J connectivity index is 2.27. The number of nitrogens with zero attached hydrogens (tertiary/aromatic N) is 1. The van der Waals surface area contributed by atoms with Crippen molar-refractivity contribution in [1.29, 1.82) is 0 Å². The lowest BCUT2D eigenvalue weighted by atomic mass is 10.2. The Labute approximate surface area is 95.8 Å². The molecule has 0 aromatic heterocycles. The van der Waals surface area contributed by atoms with Crippen LogP contribution in [0.15, 0.2) is 18.2 Å². The number of hydrogen-bond acceptors (Lipinski definition) is 4. The van der Waals surface area contributed by atoms with E-state index in [1.165, 1.54) is 0 Å². The van der Waals surface area contributed by atoms with Gasteiger partial charge in [-0.2, -0.15) is 0 Å². The normalized spacial score (nSPS) is 16.4. The summed E-state index contributed by atoms with van der Waals surface area (Å²) in [5.41, 5.74) is 4.14. The first-order valence-corrected chi connectivity index (χ1v) is 4.97. The second kappa shape index (κ2) is 3.77. The van der Waals surface area contributed by atoms with Gasteiger partial charge in [-0.1, -0.05) is 0 Å². The number of amides is 1. The zero-order valence-electron chi connectivity index (χ0n) is 8.77. The maximum atomic E-state index is 13.0. The maximum Gasteiger partial charge on any atom is 0.292 e. The Morgan fingerprint density at radius 2 is 2.18 bits per heavy atom. The summed E-state index contributed by atoms with van der Waals surface area (Å²) in [5, 5.41) is 13.0. The van der Waals surface area contributed by atoms with E-state index >= 15 is 0 Å². The zero-order valence-corrected chi connectivity index (χ0v) is 8.77. The van der Waals surface area contributed by atoms with Gasteiger partial charge in [0.15, 0.2) is 0 Å². The predicted molar refractivity (Wildman–Crippen MR) is 57.8 cm³/mol. The van der Waals surface area contributed by atoms with Gasteiger partial charge in [0.25, 0.3) is 5.69 Å². The molecule has 1 aliphatic carbocycles. The van der Waals surface area contributed by atoms with E-state index in [1.54, 1.807) is 0 Å². The summed E-state index contributed by atoms with van der Waals surface area (Å²) in [5.74, 6) is -1.18. The molecule has 1 amide bonds. The van der Waals surface area contributed by atoms with Gasteiger partial charge in [-0.05, 0) is 18.9 Å². The van der Waals surface area contributed by atoms with Crippen molar-refractivity contribution in [3.8, 4) is 0 Å². The number of nitrogens with two attached hydrogens (primary N) is 1. The molecule has 0 radical (unpaired) electrons. The van der Waals surface area contributed by atoms with Crippen LogP contribution >= 0.6 is 0 Å². The number of benzene rings is 1. The number of carbonyl (C=O) groups excluding carboxylic acids is 1. The van der Waals surface area contributed by atoms with Gasteiger partial charge in [-0.25, -0.2) is 4.39 Å². The topological polar surface area (TPSA) is 98.3 Å². The minimum absolute atomic E-state index is 0.170. The van der Waals surface area contributed by atoms with Gasteiger partial charge < -0.3 is 11.1 Å². The molecule has 1 saturated carbocycles. The van der Waals surface area contributed by atoms with Gasteiger partial charge >= 0.3 is 0 Å². The van der Waals surface area contributed by atoms with Crippen LogP contribution in [0.2, 0.25) is 0 Å². The van der Waals surface area contributed by atoms with Crippen molar-refractivity contribution in [3.63, 3.8) is 0 Å². The minimum Gasteiger partial charge on any atom is -0.319 e. The third-order valence-corrected chi connectivity index (χ3v) is 2.64. The third-order valence-electron chi connectivity index (χ3n) is 2.64. The summed E-state index contributed by atoms with van der Waals surface area (Å²) >= 11 is 0. The Hall–Kier alpha value is -2.02. The summed E-state index contributed by atoms with van der Waals surface area (Å²) in [6.07, 6.45) is 1.06. The SMILES string of the molecule is NC1(C(=O)Nc2cc(F)ccc2[N+](=O)[O-])CC1. The molecule has 17 heavy (non-hydrogen) atoms. The first-order valence-electron chi connectivity index (χ1n) is 4.97. The molecule has 90 valence electrons. The zero-order chi connectivity index (χ0) is 12.6. The molecule has 0 bridgehead atoms. The van der Waals surface area contributed by atoms with Crippen LogP contribution in [0.1, 0.15) is 12.8 Å². The van der Waals surface area contributed by atoms with Crippen molar-refractivity contribution in [2.75, 3.05) is 5.32 Å². The quantitative estimate of drug-likeness (QED) is 0.610. The van der Waals surface area contributed by atoms with Gasteiger partial charge in [-0.3, -0.25) is 14.9 Å². The van der Waals surface area contributed by atoms with E-state index in [1.807, 2.05) is 0 Å². The van der Waals surface area contributed by atoms with E-state index in [4.69, 9.17) is 5.73 Å². The highest BCUT2D eigenvalue weighted by molar-refractivity contribution is 6.01. The van der Waals surface area contributed by atoms with Crippen molar-refractivity contribution >= 4 is 17.3 Å². The molecule has 0 unspecified atom stereocenters. The van der Waals surface area contributed by atoms with Crippen LogP contribution in [0.4, 0.5) is 15.8 Å². The molecule has 7 heteroatoms. The summed E-state index contributed by atoms with van der Waals surface area (Å²) in [7, 11) is 0. The van der Waals surface area contributed by atoms with E-state index in [-0.39, 0.29) is 11.4 Å². The van der Waals surface area contributed by atoms with Crippen LogP contribution in [-0.4, -0.2) is 16.4 Å². The number of nitro benzene ring substituents is 1. The molecule has 1 fully saturated rings. The van der Waals surface area contributed by atoms with Crippen molar-refractivity contribution in [2.24, 2.45) is 5.73 Å². The van der Waals surface area contributed by atoms with Crippen LogP contribution in [0.3, 0.4) is 0 Å². The maximum absolute atomic E-state index is 13.0. The highest BCUT2D eigenvalue weighted by Gasteiger charge is 2.46. The highest BCUT2D eigenvalue weighted by atomic mass is 19.1. The number of carbonyl (C=O) groups is 1. The van der Waals surface area contributed by atoms with E-state index in [2.05, 4.69) is 5.32 Å². The molecule has 0 heterocycles. The molecule has 0 saturated heterocycles. The fraction of sp³-hybridized carbons (Fsp3) is 0.300. The first kappa shape index (κ1) is 11.5. The van der Waals surface area contributed by atoms with Crippen LogP contribution in [0.5, 0.6) is 0 Å². The van der Waals surface area contributed by atoms with Crippen LogP contribution < -0.4 is 11.1 Å². The molecule has 6 nitrogen and oxygen atoms in total. The molecule has 3 N–H and O–H groups in total. The van der Waals surface area contributed by atoms with Crippen molar-refractivity contribution in [2.45, 2.75) is 18.4 Å². The molecular formula is C10H10FN3O3. The third kappa shape index (κ3) is 2.23. The van der Waals surface area contributed by atoms with Crippen LogP contribution in [0, 0.1) is 15.9 Å². The molecular weight excluding hydrogens is 229 g/mol.